The van der Waals surface area contributed by atoms with Crippen molar-refractivity contribution in [2.75, 3.05) is 13.6 Å². The van der Waals surface area contributed by atoms with E-state index in [0.717, 1.165) is 6.04 Å². The van der Waals surface area contributed by atoms with Crippen LogP contribution in [-0.4, -0.2) is 24.5 Å². The molecule has 1 aromatic carbocycles. The van der Waals surface area contributed by atoms with Crippen LogP contribution in [-0.2, 0) is 0 Å². The van der Waals surface area contributed by atoms with E-state index in [0.29, 0.717) is 0 Å². The molecule has 0 amide bonds. The van der Waals surface area contributed by atoms with Crippen molar-refractivity contribution in [1.29, 1.82) is 0 Å². The van der Waals surface area contributed by atoms with Crippen LogP contribution in [0, 0.1) is 43.6 Å². The Morgan fingerprint density at radius 3 is 1.92 bits per heavy atom. The fraction of sp³-hybridized carbons (Fsp3) is 0.364. The molecule has 0 spiro atoms. The molecular formula is C11H15NU. The number of rotatable bonds is 0. The van der Waals surface area contributed by atoms with Crippen molar-refractivity contribution in [2.45, 2.75) is 13.0 Å². The summed E-state index contributed by atoms with van der Waals surface area (Å²) in [5.41, 5.74) is 0. The van der Waals surface area contributed by atoms with Crippen LogP contribution in [0.3, 0.4) is 0 Å². The van der Waals surface area contributed by atoms with Crippen molar-refractivity contribution in [3.63, 3.8) is 0 Å². The maximum absolute atomic E-state index is 2.89. The summed E-state index contributed by atoms with van der Waals surface area (Å²) in [4.78, 5) is 2.29. The first kappa shape index (κ1) is 13.2. The second kappa shape index (κ2) is 7.62. The van der Waals surface area contributed by atoms with Gasteiger partial charge in [0.25, 0.3) is 0 Å². The van der Waals surface area contributed by atoms with E-state index in [4.69, 9.17) is 0 Å². The Morgan fingerprint density at radius 2 is 1.85 bits per heavy atom. The van der Waals surface area contributed by atoms with Gasteiger partial charge >= 0.3 is 31.1 Å². The quantitative estimate of drug-likeness (QED) is 0.604. The van der Waals surface area contributed by atoms with Gasteiger partial charge in [0.05, 0.1) is 0 Å². The van der Waals surface area contributed by atoms with Gasteiger partial charge in [-0.2, -0.15) is 36.4 Å². The van der Waals surface area contributed by atoms with E-state index in [1.165, 1.54) is 6.54 Å². The number of likely N-dealkylation sites (tertiary alicyclic amines) is 1. The van der Waals surface area contributed by atoms with Gasteiger partial charge in [-0.3, -0.25) is 6.42 Å². The molecule has 1 aliphatic heterocycles. The SMILES string of the molecule is CC1[CH-]CN1C.[U+2].[c-]1ccccc1. The third-order valence-electron chi connectivity index (χ3n) is 2.04. The van der Waals surface area contributed by atoms with Crippen LogP contribution in [0.1, 0.15) is 6.92 Å². The first-order valence-corrected chi connectivity index (χ1v) is 4.25. The molecule has 0 radical (unpaired) electrons. The van der Waals surface area contributed by atoms with Crippen molar-refractivity contribution in [3.05, 3.63) is 42.8 Å². The molecule has 0 bridgehead atoms. The summed E-state index contributed by atoms with van der Waals surface area (Å²) in [6, 6.07) is 13.2. The van der Waals surface area contributed by atoms with Gasteiger partial charge in [-0.25, -0.2) is 0 Å². The van der Waals surface area contributed by atoms with Crippen molar-refractivity contribution >= 4 is 0 Å². The first-order valence-electron chi connectivity index (χ1n) is 4.25. The topological polar surface area (TPSA) is 3.24 Å². The minimum absolute atomic E-state index is 0. The van der Waals surface area contributed by atoms with E-state index >= 15 is 0 Å². The van der Waals surface area contributed by atoms with Gasteiger partial charge in [-0.15, -0.1) is 12.6 Å². The molecule has 1 aliphatic rings. The van der Waals surface area contributed by atoms with Crippen LogP contribution in [0.4, 0.5) is 0 Å². The second-order valence-corrected chi connectivity index (χ2v) is 2.99. The van der Waals surface area contributed by atoms with Gasteiger partial charge in [0.15, 0.2) is 0 Å². The summed E-state index contributed by atoms with van der Waals surface area (Å²) in [7, 11) is 2.13. The Balaban J connectivity index is 0.000000206. The largest absolute Gasteiger partial charge is 2.00 e. The molecule has 2 heteroatoms. The van der Waals surface area contributed by atoms with E-state index in [2.05, 4.69) is 31.4 Å². The van der Waals surface area contributed by atoms with Gasteiger partial charge in [-0.05, 0) is 7.05 Å². The van der Waals surface area contributed by atoms with Gasteiger partial charge in [0.2, 0.25) is 0 Å². The normalized spacial score (nSPS) is 20.3. The third-order valence-corrected chi connectivity index (χ3v) is 2.04. The standard InChI is InChI=1S/C6H5.C5H10N.U/c1-2-4-6-5-3-1;1-5-3-4-6(5)2;/h1-5H;3,5H,4H2,1-2H3;/q2*-1;+2. The zero-order chi connectivity index (χ0) is 8.81. The summed E-state index contributed by atoms with van der Waals surface area (Å²) < 4.78 is 0. The van der Waals surface area contributed by atoms with Crippen molar-refractivity contribution in [1.82, 2.24) is 4.90 Å². The Morgan fingerprint density at radius 1 is 1.31 bits per heavy atom. The molecule has 13 heavy (non-hydrogen) atoms. The van der Waals surface area contributed by atoms with Crippen LogP contribution in [0.15, 0.2) is 30.3 Å². The Kier molecular flexibility index (Phi) is 7.75. The van der Waals surface area contributed by atoms with E-state index in [-0.39, 0.29) is 31.1 Å². The third kappa shape index (κ3) is 5.52. The molecule has 0 aliphatic carbocycles. The molecule has 1 nitrogen and oxygen atoms in total. The Labute approximate surface area is 105 Å². The maximum atomic E-state index is 2.89. The molecule has 2 rings (SSSR count). The van der Waals surface area contributed by atoms with Crippen molar-refractivity contribution in [2.24, 2.45) is 0 Å². The number of hydrogen-bond acceptors (Lipinski definition) is 1. The van der Waals surface area contributed by atoms with Crippen molar-refractivity contribution < 1.29 is 31.1 Å². The van der Waals surface area contributed by atoms with E-state index < -0.39 is 0 Å². The van der Waals surface area contributed by atoms with Crippen LogP contribution in [0.25, 0.3) is 0 Å². The van der Waals surface area contributed by atoms with E-state index in [1.807, 2.05) is 30.3 Å². The molecule has 1 fully saturated rings. The minimum Gasteiger partial charge on any atom is -0.362 e. The van der Waals surface area contributed by atoms with Gasteiger partial charge in [0, 0.05) is 0 Å². The zero-order valence-corrected chi connectivity index (χ0v) is 12.4. The fourth-order valence-corrected chi connectivity index (χ4v) is 0.869. The predicted molar refractivity (Wildman–Crippen MR) is 51.7 cm³/mol. The molecule has 1 heterocycles. The maximum Gasteiger partial charge on any atom is 2.00 e. The average Bonchev–Trinajstić information content (AvgIpc) is 2.19. The monoisotopic (exact) mass is 399 g/mol. The summed E-state index contributed by atoms with van der Waals surface area (Å²) in [5, 5.41) is 0. The van der Waals surface area contributed by atoms with Gasteiger partial charge in [-0.1, -0.05) is 6.92 Å². The summed E-state index contributed by atoms with van der Waals surface area (Å²) >= 11 is 0. The number of nitrogens with zero attached hydrogens (tertiary/aromatic N) is 1. The molecule has 1 saturated heterocycles. The first-order chi connectivity index (χ1) is 5.80. The Hall–Kier alpha value is 0.232. The van der Waals surface area contributed by atoms with E-state index in [9.17, 15) is 0 Å². The zero-order valence-electron chi connectivity index (χ0n) is 8.20. The molecule has 1 aromatic rings. The molecular weight excluding hydrogens is 384 g/mol. The molecule has 0 N–H and O–H groups in total. The smallest absolute Gasteiger partial charge is 0.362 e. The summed E-state index contributed by atoms with van der Waals surface area (Å²) in [6.45, 7) is 3.38. The van der Waals surface area contributed by atoms with Crippen molar-refractivity contribution in [3.8, 4) is 0 Å². The molecule has 0 saturated carbocycles. The molecule has 68 valence electrons. The van der Waals surface area contributed by atoms with E-state index in [1.54, 1.807) is 0 Å². The minimum atomic E-state index is 0. The predicted octanol–water partition coefficient (Wildman–Crippen LogP) is 2.01. The summed E-state index contributed by atoms with van der Waals surface area (Å²) in [5.74, 6) is 0. The summed E-state index contributed by atoms with van der Waals surface area (Å²) in [6.07, 6.45) is 2.29. The molecule has 1 atom stereocenters. The van der Waals surface area contributed by atoms with Crippen LogP contribution < -0.4 is 0 Å². The average molecular weight is 399 g/mol. The van der Waals surface area contributed by atoms with Crippen LogP contribution in [0.2, 0.25) is 0 Å². The second-order valence-electron chi connectivity index (χ2n) is 2.99. The van der Waals surface area contributed by atoms with Gasteiger partial charge < -0.3 is 4.90 Å². The molecule has 1 unspecified atom stereocenters. The fourth-order valence-electron chi connectivity index (χ4n) is 0.869. The molecule has 0 aromatic heterocycles. The Bertz CT molecular complexity index is 166. The van der Waals surface area contributed by atoms with Gasteiger partial charge in [0.1, 0.15) is 0 Å². The number of benzene rings is 1. The van der Waals surface area contributed by atoms with Crippen LogP contribution in [0.5, 0.6) is 0 Å². The number of hydrogen-bond donors (Lipinski definition) is 0. The van der Waals surface area contributed by atoms with Crippen LogP contribution >= 0.6 is 0 Å².